The van der Waals surface area contributed by atoms with Crippen molar-refractivity contribution in [3.8, 4) is 17.8 Å². The summed E-state index contributed by atoms with van der Waals surface area (Å²) >= 11 is 6.36. The van der Waals surface area contributed by atoms with E-state index in [1.54, 1.807) is 6.07 Å². The maximum atomic E-state index is 14.5. The zero-order valence-electron chi connectivity index (χ0n) is 19.0. The minimum atomic E-state index is -4.98. The maximum Gasteiger partial charge on any atom is 0.414 e. The molecule has 37 heavy (non-hydrogen) atoms. The molecule has 2 aromatic carbocycles. The van der Waals surface area contributed by atoms with Gasteiger partial charge in [0.05, 0.1) is 16.1 Å². The van der Waals surface area contributed by atoms with Crippen LogP contribution in [0.5, 0.6) is 11.8 Å². The van der Waals surface area contributed by atoms with Gasteiger partial charge in [-0.3, -0.25) is 4.79 Å². The molecule has 3 aromatic rings. The largest absolute Gasteiger partial charge is 0.423 e. The molecule has 1 atom stereocenters. The van der Waals surface area contributed by atoms with Crippen LogP contribution in [0.15, 0.2) is 66.0 Å². The van der Waals surface area contributed by atoms with Crippen molar-refractivity contribution in [2.45, 2.75) is 31.6 Å². The molecule has 190 valence electrons. The van der Waals surface area contributed by atoms with Crippen LogP contribution in [0.1, 0.15) is 24.5 Å². The van der Waals surface area contributed by atoms with E-state index in [1.807, 2.05) is 0 Å². The highest BCUT2D eigenvalue weighted by molar-refractivity contribution is 6.32. The van der Waals surface area contributed by atoms with Crippen LogP contribution in [0, 0.1) is 23.0 Å². The summed E-state index contributed by atoms with van der Waals surface area (Å²) in [6.45, 7) is 0.810. The third kappa shape index (κ3) is 5.11. The fourth-order valence-electron chi connectivity index (χ4n) is 4.05. The Morgan fingerprint density at radius 3 is 2.46 bits per heavy atom. The molecule has 12 heteroatoms. The molecule has 1 aliphatic heterocycles. The number of nitriles is 1. The molecular formula is C25H16ClF5N4O2. The molecule has 1 unspecified atom stereocenters. The summed E-state index contributed by atoms with van der Waals surface area (Å²) in [6.07, 6.45) is -2.92. The van der Waals surface area contributed by atoms with Crippen molar-refractivity contribution >= 4 is 17.5 Å². The molecule has 1 aromatic heterocycles. The van der Waals surface area contributed by atoms with Crippen LogP contribution >= 0.6 is 11.6 Å². The molecule has 0 N–H and O–H groups in total. The fourth-order valence-corrected chi connectivity index (χ4v) is 4.27. The first-order chi connectivity index (χ1) is 17.4. The van der Waals surface area contributed by atoms with Crippen LogP contribution in [0.3, 0.4) is 0 Å². The van der Waals surface area contributed by atoms with Gasteiger partial charge in [-0.15, -0.1) is 0 Å². The number of hydrogen-bond donors (Lipinski definition) is 0. The summed E-state index contributed by atoms with van der Waals surface area (Å²) in [4.78, 5) is 22.0. The number of alkyl halides is 3. The van der Waals surface area contributed by atoms with Crippen LogP contribution in [-0.4, -0.2) is 27.0 Å². The Labute approximate surface area is 212 Å². The van der Waals surface area contributed by atoms with Crippen molar-refractivity contribution in [2.24, 2.45) is 0 Å². The maximum absolute atomic E-state index is 14.5. The highest BCUT2D eigenvalue weighted by Crippen LogP contribution is 2.47. The highest BCUT2D eigenvalue weighted by atomic mass is 35.5. The minimum Gasteiger partial charge on any atom is -0.423 e. The number of hydrogen-bond acceptors (Lipinski definition) is 5. The predicted octanol–water partition coefficient (Wildman–Crippen LogP) is 6.23. The quantitative estimate of drug-likeness (QED) is 0.363. The van der Waals surface area contributed by atoms with Crippen LogP contribution in [0.4, 0.5) is 22.0 Å². The van der Waals surface area contributed by atoms with Gasteiger partial charge in [0.15, 0.2) is 0 Å². The third-order valence-electron chi connectivity index (χ3n) is 5.97. The van der Waals surface area contributed by atoms with E-state index in [-0.39, 0.29) is 27.9 Å². The smallest absolute Gasteiger partial charge is 0.414 e. The van der Waals surface area contributed by atoms with Crippen LogP contribution < -0.4 is 4.74 Å². The number of benzene rings is 2. The van der Waals surface area contributed by atoms with Crippen molar-refractivity contribution in [2.75, 3.05) is 0 Å². The van der Waals surface area contributed by atoms with Crippen molar-refractivity contribution < 1.29 is 31.5 Å². The number of rotatable bonds is 5. The molecule has 6 nitrogen and oxygen atoms in total. The van der Waals surface area contributed by atoms with Gasteiger partial charge in [0.25, 0.3) is 5.91 Å². The molecule has 4 rings (SSSR count). The van der Waals surface area contributed by atoms with Crippen molar-refractivity contribution in [1.29, 1.82) is 5.26 Å². The van der Waals surface area contributed by atoms with Gasteiger partial charge in [-0.05, 0) is 36.8 Å². The molecule has 0 bridgehead atoms. The van der Waals surface area contributed by atoms with Gasteiger partial charge in [-0.2, -0.15) is 18.4 Å². The van der Waals surface area contributed by atoms with Gasteiger partial charge in [0.2, 0.25) is 0 Å². The first-order valence-corrected chi connectivity index (χ1v) is 11.0. The predicted molar refractivity (Wildman–Crippen MR) is 121 cm³/mol. The van der Waals surface area contributed by atoms with Gasteiger partial charge in [-0.25, -0.2) is 18.7 Å². The Balaban J connectivity index is 1.82. The lowest BCUT2D eigenvalue weighted by Gasteiger charge is -2.46. The van der Waals surface area contributed by atoms with Gasteiger partial charge in [-0.1, -0.05) is 23.7 Å². The number of aromatic nitrogens is 2. The van der Waals surface area contributed by atoms with Gasteiger partial charge in [0.1, 0.15) is 29.0 Å². The van der Waals surface area contributed by atoms with E-state index in [0.29, 0.717) is 6.07 Å². The average Bonchev–Trinajstić information content (AvgIpc) is 2.84. The first-order valence-electron chi connectivity index (χ1n) is 10.7. The van der Waals surface area contributed by atoms with E-state index < -0.39 is 53.4 Å². The topological polar surface area (TPSA) is 79.1 Å². The molecule has 0 saturated heterocycles. The lowest BCUT2D eigenvalue weighted by molar-refractivity contribution is -0.141. The lowest BCUT2D eigenvalue weighted by Crippen LogP contribution is -2.52. The number of ether oxygens (including phenoxy) is 1. The van der Waals surface area contributed by atoms with E-state index in [2.05, 4.69) is 9.97 Å². The van der Waals surface area contributed by atoms with E-state index in [0.717, 1.165) is 17.0 Å². The zero-order chi connectivity index (χ0) is 27.0. The van der Waals surface area contributed by atoms with Gasteiger partial charge >= 0.3 is 12.2 Å². The third-order valence-corrected chi connectivity index (χ3v) is 6.27. The van der Waals surface area contributed by atoms with E-state index in [1.165, 1.54) is 43.6 Å². The van der Waals surface area contributed by atoms with Crippen LogP contribution in [0.25, 0.3) is 0 Å². The highest BCUT2D eigenvalue weighted by Gasteiger charge is 2.51. The van der Waals surface area contributed by atoms with E-state index in [4.69, 9.17) is 16.3 Å². The van der Waals surface area contributed by atoms with E-state index in [9.17, 15) is 32.0 Å². The summed E-state index contributed by atoms with van der Waals surface area (Å²) in [5.74, 6) is -3.01. The van der Waals surface area contributed by atoms with Crippen molar-refractivity contribution in [1.82, 2.24) is 14.9 Å². The number of amides is 1. The Hall–Kier alpha value is -4.04. The van der Waals surface area contributed by atoms with Gasteiger partial charge < -0.3 is 9.64 Å². The molecule has 0 radical (unpaired) electrons. The normalized spacial score (nSPS) is 18.1. The summed E-state index contributed by atoms with van der Waals surface area (Å²) in [6, 6.07) is 9.61. The number of carbonyl (C=O) groups excluding carboxylic acids is 1. The minimum absolute atomic E-state index is 0.0184. The number of carbonyl (C=O) groups is 1. The second-order valence-corrected chi connectivity index (χ2v) is 8.73. The monoisotopic (exact) mass is 534 g/mol. The Morgan fingerprint density at radius 2 is 1.86 bits per heavy atom. The molecule has 0 fully saturated rings. The SMILES string of the molecule is CC1(c2ccc(Oc3ncccn3)c(Cl)c2)CC(C(F)(F)F)=C(C#N)C(=O)N1Cc1ccc(F)cc1F. The van der Waals surface area contributed by atoms with Crippen molar-refractivity contribution in [3.05, 3.63) is 93.8 Å². The Bertz CT molecular complexity index is 1440. The average molecular weight is 535 g/mol. The van der Waals surface area contributed by atoms with Crippen LogP contribution in [-0.2, 0) is 16.9 Å². The van der Waals surface area contributed by atoms with Gasteiger partial charge in [0, 0.05) is 37.0 Å². The van der Waals surface area contributed by atoms with E-state index >= 15 is 0 Å². The second-order valence-electron chi connectivity index (χ2n) is 8.32. The Kier molecular flexibility index (Phi) is 6.88. The molecular weight excluding hydrogens is 519 g/mol. The summed E-state index contributed by atoms with van der Waals surface area (Å²) < 4.78 is 75.2. The molecule has 1 amide bonds. The zero-order valence-corrected chi connectivity index (χ0v) is 19.7. The summed E-state index contributed by atoms with van der Waals surface area (Å²) in [7, 11) is 0. The molecule has 0 aliphatic carbocycles. The fraction of sp³-hybridized carbons (Fsp3) is 0.200. The summed E-state index contributed by atoms with van der Waals surface area (Å²) in [5, 5.41) is 9.38. The number of halogens is 6. The first kappa shape index (κ1) is 26.0. The molecule has 0 spiro atoms. The number of nitrogens with zero attached hydrogens (tertiary/aromatic N) is 4. The lowest BCUT2D eigenvalue weighted by atomic mass is 9.78. The Morgan fingerprint density at radius 1 is 1.16 bits per heavy atom. The van der Waals surface area contributed by atoms with Crippen LogP contribution in [0.2, 0.25) is 5.02 Å². The second kappa shape index (κ2) is 9.78. The van der Waals surface area contributed by atoms with Crippen molar-refractivity contribution in [3.63, 3.8) is 0 Å². The molecule has 2 heterocycles. The molecule has 0 saturated carbocycles. The molecule has 1 aliphatic rings. The summed E-state index contributed by atoms with van der Waals surface area (Å²) in [5.41, 5.74) is -4.13. The standard InChI is InChI=1S/C25H16ClF5N4O2/c1-24(15-4-6-21(19(26)9-15)37-23-33-7-2-8-34-23)11-18(25(29,30)31)17(12-32)22(36)35(24)13-14-3-5-16(27)10-20(14)28/h2-10H,11,13H2,1H3.